The van der Waals surface area contributed by atoms with Crippen molar-refractivity contribution in [2.75, 3.05) is 11.9 Å². The van der Waals surface area contributed by atoms with Gasteiger partial charge in [-0.2, -0.15) is 5.26 Å². The number of nitriles is 1. The molecule has 0 fully saturated rings. The fraction of sp³-hybridized carbons (Fsp3) is 0.600. The molecule has 0 radical (unpaired) electrons. The van der Waals surface area contributed by atoms with Gasteiger partial charge in [-0.3, -0.25) is 0 Å². The lowest BCUT2D eigenvalue weighted by Crippen LogP contribution is -2.25. The van der Waals surface area contributed by atoms with Crippen molar-refractivity contribution in [1.82, 2.24) is 4.98 Å². The largest absolute Gasteiger partial charge is 0.369 e. The Morgan fingerprint density at radius 1 is 1.28 bits per heavy atom. The average molecular weight is 245 g/mol. The molecule has 0 amide bonds. The molecule has 0 bridgehead atoms. The topological polar surface area (TPSA) is 48.7 Å². The van der Waals surface area contributed by atoms with E-state index in [1.54, 1.807) is 6.20 Å². The van der Waals surface area contributed by atoms with Gasteiger partial charge in [0.2, 0.25) is 0 Å². The average Bonchev–Trinajstić information content (AvgIpc) is 2.28. The van der Waals surface area contributed by atoms with Crippen LogP contribution >= 0.6 is 0 Å². The monoisotopic (exact) mass is 245 g/mol. The van der Waals surface area contributed by atoms with E-state index >= 15 is 0 Å². The molecule has 3 heteroatoms. The molecule has 0 aromatic carbocycles. The van der Waals surface area contributed by atoms with Crippen LogP contribution in [0, 0.1) is 36.0 Å². The summed E-state index contributed by atoms with van der Waals surface area (Å²) >= 11 is 0. The molecule has 18 heavy (non-hydrogen) atoms. The Morgan fingerprint density at radius 3 is 2.39 bits per heavy atom. The van der Waals surface area contributed by atoms with Crippen molar-refractivity contribution in [3.8, 4) is 6.07 Å². The molecule has 0 aliphatic carbocycles. The molecule has 0 aliphatic rings. The SMILES string of the molecule is Cc1ccnc(NCC(C(C)C)C(C)C)c1C#N. The van der Waals surface area contributed by atoms with Crippen molar-refractivity contribution in [2.45, 2.75) is 34.6 Å². The van der Waals surface area contributed by atoms with Gasteiger partial charge in [0, 0.05) is 12.7 Å². The van der Waals surface area contributed by atoms with Crippen LogP contribution in [0.5, 0.6) is 0 Å². The van der Waals surface area contributed by atoms with Gasteiger partial charge < -0.3 is 5.32 Å². The van der Waals surface area contributed by atoms with Crippen LogP contribution in [-0.4, -0.2) is 11.5 Å². The van der Waals surface area contributed by atoms with Crippen LogP contribution in [0.3, 0.4) is 0 Å². The molecular weight excluding hydrogens is 222 g/mol. The van der Waals surface area contributed by atoms with E-state index in [2.05, 4.69) is 44.1 Å². The van der Waals surface area contributed by atoms with E-state index in [0.717, 1.165) is 12.1 Å². The van der Waals surface area contributed by atoms with Crippen LogP contribution in [0.25, 0.3) is 0 Å². The predicted octanol–water partition coefficient (Wildman–Crippen LogP) is 3.60. The summed E-state index contributed by atoms with van der Waals surface area (Å²) in [5.74, 6) is 2.53. The number of nitrogens with one attached hydrogen (secondary N) is 1. The van der Waals surface area contributed by atoms with E-state index < -0.39 is 0 Å². The Bertz CT molecular complexity index is 422. The minimum atomic E-state index is 0.582. The van der Waals surface area contributed by atoms with Gasteiger partial charge in [-0.15, -0.1) is 0 Å². The Hall–Kier alpha value is -1.56. The Morgan fingerprint density at radius 2 is 1.89 bits per heavy atom. The van der Waals surface area contributed by atoms with Gasteiger partial charge in [0.15, 0.2) is 0 Å². The highest BCUT2D eigenvalue weighted by Crippen LogP contribution is 2.22. The zero-order chi connectivity index (χ0) is 13.7. The second kappa shape index (κ2) is 6.39. The Labute approximate surface area is 110 Å². The minimum Gasteiger partial charge on any atom is -0.369 e. The summed E-state index contributed by atoms with van der Waals surface area (Å²) in [6.45, 7) is 11.7. The van der Waals surface area contributed by atoms with E-state index in [4.69, 9.17) is 5.26 Å². The molecule has 1 aromatic heterocycles. The molecule has 1 heterocycles. The quantitative estimate of drug-likeness (QED) is 0.862. The van der Waals surface area contributed by atoms with Gasteiger partial charge in [-0.1, -0.05) is 27.7 Å². The van der Waals surface area contributed by atoms with Crippen LogP contribution in [-0.2, 0) is 0 Å². The van der Waals surface area contributed by atoms with Crippen molar-refractivity contribution < 1.29 is 0 Å². The maximum Gasteiger partial charge on any atom is 0.144 e. The van der Waals surface area contributed by atoms with Crippen LogP contribution < -0.4 is 5.32 Å². The molecule has 0 spiro atoms. The van der Waals surface area contributed by atoms with Gasteiger partial charge in [-0.25, -0.2) is 4.98 Å². The first-order chi connectivity index (χ1) is 8.47. The predicted molar refractivity (Wildman–Crippen MR) is 75.3 cm³/mol. The molecule has 0 aliphatic heterocycles. The van der Waals surface area contributed by atoms with E-state index in [1.165, 1.54) is 0 Å². The third-order valence-electron chi connectivity index (χ3n) is 3.49. The number of nitrogens with zero attached hydrogens (tertiary/aromatic N) is 2. The molecule has 3 nitrogen and oxygen atoms in total. The molecule has 98 valence electrons. The fourth-order valence-corrected chi connectivity index (χ4v) is 2.29. The number of pyridine rings is 1. The molecular formula is C15H23N3. The van der Waals surface area contributed by atoms with Gasteiger partial charge >= 0.3 is 0 Å². The third kappa shape index (κ3) is 3.46. The Kier molecular flexibility index (Phi) is 5.15. The second-order valence-electron chi connectivity index (χ2n) is 5.50. The number of hydrogen-bond acceptors (Lipinski definition) is 3. The van der Waals surface area contributed by atoms with Crippen molar-refractivity contribution in [3.63, 3.8) is 0 Å². The highest BCUT2D eigenvalue weighted by atomic mass is 15.0. The highest BCUT2D eigenvalue weighted by Gasteiger charge is 2.18. The van der Waals surface area contributed by atoms with Crippen LogP contribution in [0.1, 0.15) is 38.8 Å². The number of aromatic nitrogens is 1. The molecule has 1 rings (SSSR count). The van der Waals surface area contributed by atoms with E-state index in [1.807, 2.05) is 13.0 Å². The molecule has 0 unspecified atom stereocenters. The van der Waals surface area contributed by atoms with Crippen molar-refractivity contribution in [2.24, 2.45) is 17.8 Å². The second-order valence-corrected chi connectivity index (χ2v) is 5.50. The van der Waals surface area contributed by atoms with Crippen LogP contribution in [0.15, 0.2) is 12.3 Å². The lowest BCUT2D eigenvalue weighted by molar-refractivity contribution is 0.304. The molecule has 0 atom stereocenters. The summed E-state index contributed by atoms with van der Waals surface area (Å²) in [6, 6.07) is 4.09. The molecule has 1 N–H and O–H groups in total. The van der Waals surface area contributed by atoms with Crippen molar-refractivity contribution in [1.29, 1.82) is 5.26 Å². The minimum absolute atomic E-state index is 0.582. The zero-order valence-corrected chi connectivity index (χ0v) is 12.0. The summed E-state index contributed by atoms with van der Waals surface area (Å²) in [4.78, 5) is 4.27. The first kappa shape index (κ1) is 14.5. The maximum atomic E-state index is 9.15. The fourth-order valence-electron chi connectivity index (χ4n) is 2.29. The standard InChI is InChI=1S/C15H23N3/c1-10(2)14(11(3)4)9-18-15-13(8-16)12(5)6-7-17-15/h6-7,10-11,14H,9H2,1-5H3,(H,17,18). The summed E-state index contributed by atoms with van der Waals surface area (Å²) in [6.07, 6.45) is 1.75. The summed E-state index contributed by atoms with van der Waals surface area (Å²) in [7, 11) is 0. The Balaban J connectivity index is 2.80. The maximum absolute atomic E-state index is 9.15. The molecule has 0 saturated carbocycles. The number of aryl methyl sites for hydroxylation is 1. The normalized spacial score (nSPS) is 11.1. The van der Waals surface area contributed by atoms with Gasteiger partial charge in [-0.05, 0) is 36.3 Å². The van der Waals surface area contributed by atoms with E-state index in [9.17, 15) is 0 Å². The van der Waals surface area contributed by atoms with Gasteiger partial charge in [0.25, 0.3) is 0 Å². The van der Waals surface area contributed by atoms with Gasteiger partial charge in [0.1, 0.15) is 11.9 Å². The summed E-state index contributed by atoms with van der Waals surface area (Å²) in [5, 5.41) is 12.5. The van der Waals surface area contributed by atoms with Crippen LogP contribution in [0.2, 0.25) is 0 Å². The highest BCUT2D eigenvalue weighted by molar-refractivity contribution is 5.55. The number of rotatable bonds is 5. The van der Waals surface area contributed by atoms with E-state index in [-0.39, 0.29) is 0 Å². The van der Waals surface area contributed by atoms with Crippen LogP contribution in [0.4, 0.5) is 5.82 Å². The molecule has 1 aromatic rings. The summed E-state index contributed by atoms with van der Waals surface area (Å²) in [5.41, 5.74) is 1.63. The lowest BCUT2D eigenvalue weighted by Gasteiger charge is -2.25. The van der Waals surface area contributed by atoms with Crippen molar-refractivity contribution >= 4 is 5.82 Å². The zero-order valence-electron chi connectivity index (χ0n) is 12.0. The first-order valence-corrected chi connectivity index (χ1v) is 6.57. The first-order valence-electron chi connectivity index (χ1n) is 6.57. The van der Waals surface area contributed by atoms with Crippen molar-refractivity contribution in [3.05, 3.63) is 23.4 Å². The smallest absolute Gasteiger partial charge is 0.144 e. The van der Waals surface area contributed by atoms with Gasteiger partial charge in [0.05, 0.1) is 5.56 Å². The summed E-state index contributed by atoms with van der Waals surface area (Å²) < 4.78 is 0. The molecule has 0 saturated heterocycles. The third-order valence-corrected chi connectivity index (χ3v) is 3.49. The number of hydrogen-bond donors (Lipinski definition) is 1. The number of anilines is 1. The lowest BCUT2D eigenvalue weighted by atomic mass is 9.85. The van der Waals surface area contributed by atoms with E-state index in [0.29, 0.717) is 29.1 Å².